The van der Waals surface area contributed by atoms with Crippen LogP contribution in [0.3, 0.4) is 0 Å². The Morgan fingerprint density at radius 3 is 2.91 bits per heavy atom. The number of likely N-dealkylation sites (tertiary alicyclic amines) is 1. The minimum Gasteiger partial charge on any atom is -0.477 e. The lowest BCUT2D eigenvalue weighted by atomic mass is 10.1. The van der Waals surface area contributed by atoms with Gasteiger partial charge in [0.25, 0.3) is 5.91 Å². The Bertz CT molecular complexity index is 571. The third-order valence-electron chi connectivity index (χ3n) is 4.16. The number of nitrogens with zero attached hydrogens (tertiary/aromatic N) is 2. The number of carbonyl (C=O) groups excluding carboxylic acids is 1. The highest BCUT2D eigenvalue weighted by Gasteiger charge is 2.28. The number of pyridine rings is 1. The van der Waals surface area contributed by atoms with Crippen molar-refractivity contribution in [1.29, 1.82) is 0 Å². The highest BCUT2D eigenvalue weighted by molar-refractivity contribution is 5.96. The number of amides is 1. The highest BCUT2D eigenvalue weighted by atomic mass is 16.5. The second kappa shape index (κ2) is 6.44. The Hall–Kier alpha value is -1.95. The second-order valence-corrected chi connectivity index (χ2v) is 6.03. The van der Waals surface area contributed by atoms with E-state index in [0.717, 1.165) is 19.4 Å². The maximum absolute atomic E-state index is 12.5. The molecule has 0 spiro atoms. The van der Waals surface area contributed by atoms with Gasteiger partial charge in [-0.05, 0) is 43.7 Å². The molecule has 1 unspecified atom stereocenters. The van der Waals surface area contributed by atoms with Crippen molar-refractivity contribution in [3.05, 3.63) is 29.6 Å². The van der Waals surface area contributed by atoms with Crippen molar-refractivity contribution in [3.63, 3.8) is 0 Å². The molecule has 1 aromatic heterocycles. The normalized spacial score (nSPS) is 21.6. The number of hydrogen-bond donors (Lipinski definition) is 1. The third-order valence-corrected chi connectivity index (χ3v) is 4.16. The van der Waals surface area contributed by atoms with E-state index < -0.39 is 5.97 Å². The smallest absolute Gasteiger partial charge is 0.354 e. The molecule has 1 saturated heterocycles. The summed E-state index contributed by atoms with van der Waals surface area (Å²) in [4.78, 5) is 29.0. The van der Waals surface area contributed by atoms with Crippen molar-refractivity contribution in [2.24, 2.45) is 5.92 Å². The molecule has 118 valence electrons. The van der Waals surface area contributed by atoms with Crippen LogP contribution in [0.2, 0.25) is 0 Å². The molecule has 1 atom stereocenters. The molecule has 1 amide bonds. The fourth-order valence-corrected chi connectivity index (χ4v) is 2.68. The van der Waals surface area contributed by atoms with Gasteiger partial charge in [-0.25, -0.2) is 9.78 Å². The van der Waals surface area contributed by atoms with E-state index in [1.54, 1.807) is 11.0 Å². The number of carbonyl (C=O) groups is 2. The molecule has 1 saturated carbocycles. The van der Waals surface area contributed by atoms with Gasteiger partial charge in [-0.3, -0.25) is 4.79 Å². The first-order valence-corrected chi connectivity index (χ1v) is 7.73. The van der Waals surface area contributed by atoms with E-state index in [2.05, 4.69) is 4.98 Å². The molecule has 6 heteroatoms. The topological polar surface area (TPSA) is 79.7 Å². The maximum atomic E-state index is 12.5. The molecule has 0 bridgehead atoms. The summed E-state index contributed by atoms with van der Waals surface area (Å²) in [5.74, 6) is -0.562. The standard InChI is InChI=1S/C16H20N2O4/c19-15(12-5-6-17-14(8-12)16(20)21)18-7-1-2-13(9-18)22-10-11-3-4-11/h5-6,8,11,13H,1-4,7,9-10H2,(H,20,21). The van der Waals surface area contributed by atoms with Gasteiger partial charge in [0, 0.05) is 31.5 Å². The van der Waals surface area contributed by atoms with Gasteiger partial charge in [-0.2, -0.15) is 0 Å². The van der Waals surface area contributed by atoms with Gasteiger partial charge in [-0.15, -0.1) is 0 Å². The van der Waals surface area contributed by atoms with E-state index in [1.807, 2.05) is 0 Å². The zero-order valence-corrected chi connectivity index (χ0v) is 12.4. The maximum Gasteiger partial charge on any atom is 0.354 e. The van der Waals surface area contributed by atoms with Crippen molar-refractivity contribution in [2.75, 3.05) is 19.7 Å². The fourth-order valence-electron chi connectivity index (χ4n) is 2.68. The molecule has 0 aromatic carbocycles. The van der Waals surface area contributed by atoms with Crippen LogP contribution in [0.1, 0.15) is 46.5 Å². The van der Waals surface area contributed by atoms with Gasteiger partial charge in [0.2, 0.25) is 0 Å². The van der Waals surface area contributed by atoms with E-state index in [0.29, 0.717) is 24.6 Å². The number of hydrogen-bond acceptors (Lipinski definition) is 4. The molecule has 3 rings (SSSR count). The van der Waals surface area contributed by atoms with Gasteiger partial charge in [0.15, 0.2) is 0 Å². The summed E-state index contributed by atoms with van der Waals surface area (Å²) in [6.45, 7) is 2.06. The van der Waals surface area contributed by atoms with E-state index in [1.165, 1.54) is 25.1 Å². The Morgan fingerprint density at radius 1 is 1.36 bits per heavy atom. The fraction of sp³-hybridized carbons (Fsp3) is 0.562. The van der Waals surface area contributed by atoms with Crippen LogP contribution in [0.15, 0.2) is 18.3 Å². The molecule has 0 radical (unpaired) electrons. The number of carboxylic acids is 1. The molecule has 22 heavy (non-hydrogen) atoms. The molecule has 1 N–H and O–H groups in total. The second-order valence-electron chi connectivity index (χ2n) is 6.03. The average Bonchev–Trinajstić information content (AvgIpc) is 3.37. The van der Waals surface area contributed by atoms with E-state index in [9.17, 15) is 9.59 Å². The van der Waals surface area contributed by atoms with Crippen LogP contribution in [0.5, 0.6) is 0 Å². The van der Waals surface area contributed by atoms with Crippen molar-refractivity contribution in [3.8, 4) is 0 Å². The highest BCUT2D eigenvalue weighted by Crippen LogP contribution is 2.30. The van der Waals surface area contributed by atoms with E-state index in [4.69, 9.17) is 9.84 Å². The molecular weight excluding hydrogens is 284 g/mol. The molecule has 6 nitrogen and oxygen atoms in total. The summed E-state index contributed by atoms with van der Waals surface area (Å²) in [5, 5.41) is 8.96. The Kier molecular flexibility index (Phi) is 4.38. The van der Waals surface area contributed by atoms with Crippen molar-refractivity contribution in [2.45, 2.75) is 31.8 Å². The first-order chi connectivity index (χ1) is 10.6. The summed E-state index contributed by atoms with van der Waals surface area (Å²) in [5.41, 5.74) is 0.264. The molecule has 1 aliphatic carbocycles. The third kappa shape index (κ3) is 3.62. The van der Waals surface area contributed by atoms with Gasteiger partial charge >= 0.3 is 5.97 Å². The number of ether oxygens (including phenoxy) is 1. The number of rotatable bonds is 5. The first kappa shape index (κ1) is 15.0. The number of aromatic carboxylic acids is 1. The number of piperidine rings is 1. The Labute approximate surface area is 129 Å². The van der Waals surface area contributed by atoms with Crippen LogP contribution >= 0.6 is 0 Å². The van der Waals surface area contributed by atoms with Crippen LogP contribution < -0.4 is 0 Å². The quantitative estimate of drug-likeness (QED) is 0.897. The SMILES string of the molecule is O=C(O)c1cc(C(=O)N2CCCC(OCC3CC3)C2)ccn1. The molecule has 1 aliphatic heterocycles. The zero-order chi connectivity index (χ0) is 15.5. The van der Waals surface area contributed by atoms with Crippen molar-refractivity contribution < 1.29 is 19.4 Å². The minimum atomic E-state index is -1.13. The van der Waals surface area contributed by atoms with Gasteiger partial charge in [-0.1, -0.05) is 0 Å². The van der Waals surface area contributed by atoms with Crippen LogP contribution in [0, 0.1) is 5.92 Å². The zero-order valence-electron chi connectivity index (χ0n) is 12.4. The lowest BCUT2D eigenvalue weighted by Crippen LogP contribution is -2.43. The summed E-state index contributed by atoms with van der Waals surface area (Å²) in [7, 11) is 0. The molecule has 2 heterocycles. The summed E-state index contributed by atoms with van der Waals surface area (Å²) < 4.78 is 5.88. The Morgan fingerprint density at radius 2 is 2.18 bits per heavy atom. The molecule has 1 aromatic rings. The summed E-state index contributed by atoms with van der Waals surface area (Å²) in [6.07, 6.45) is 5.86. The first-order valence-electron chi connectivity index (χ1n) is 7.73. The van der Waals surface area contributed by atoms with E-state index in [-0.39, 0.29) is 17.7 Å². The largest absolute Gasteiger partial charge is 0.477 e. The molecule has 2 aliphatic rings. The number of carboxylic acid groups (broad SMARTS) is 1. The summed E-state index contributed by atoms with van der Waals surface area (Å²) in [6, 6.07) is 2.89. The molecular formula is C16H20N2O4. The average molecular weight is 304 g/mol. The van der Waals surface area contributed by atoms with Gasteiger partial charge < -0.3 is 14.7 Å². The van der Waals surface area contributed by atoms with Crippen molar-refractivity contribution in [1.82, 2.24) is 9.88 Å². The van der Waals surface area contributed by atoms with Crippen LogP contribution in [-0.2, 0) is 4.74 Å². The van der Waals surface area contributed by atoms with Gasteiger partial charge in [0.05, 0.1) is 6.10 Å². The lowest BCUT2D eigenvalue weighted by Gasteiger charge is -2.32. The Balaban J connectivity index is 1.62. The van der Waals surface area contributed by atoms with E-state index >= 15 is 0 Å². The van der Waals surface area contributed by atoms with Gasteiger partial charge in [0.1, 0.15) is 5.69 Å². The predicted octanol–water partition coefficient (Wildman–Crippen LogP) is 1.81. The number of aromatic nitrogens is 1. The van der Waals surface area contributed by atoms with Crippen LogP contribution in [0.25, 0.3) is 0 Å². The molecule has 2 fully saturated rings. The van der Waals surface area contributed by atoms with Crippen LogP contribution in [-0.4, -0.2) is 52.7 Å². The monoisotopic (exact) mass is 304 g/mol. The lowest BCUT2D eigenvalue weighted by molar-refractivity contribution is -0.00243. The van der Waals surface area contributed by atoms with Crippen molar-refractivity contribution >= 4 is 11.9 Å². The van der Waals surface area contributed by atoms with Crippen LogP contribution in [0.4, 0.5) is 0 Å². The summed E-state index contributed by atoms with van der Waals surface area (Å²) >= 11 is 0. The predicted molar refractivity (Wildman–Crippen MR) is 78.8 cm³/mol. The minimum absolute atomic E-state index is 0.0964.